The van der Waals surface area contributed by atoms with Crippen LogP contribution in [0.4, 0.5) is 0 Å². The molecule has 128 valence electrons. The molecule has 0 unspecified atom stereocenters. The van der Waals surface area contributed by atoms with Gasteiger partial charge in [0.15, 0.2) is 0 Å². The van der Waals surface area contributed by atoms with E-state index in [2.05, 4.69) is 29.2 Å². The van der Waals surface area contributed by atoms with Crippen molar-refractivity contribution in [1.82, 2.24) is 9.80 Å². The molecule has 0 aromatic heterocycles. The second kappa shape index (κ2) is 6.01. The van der Waals surface area contributed by atoms with Crippen molar-refractivity contribution in [3.05, 3.63) is 71.3 Å². The molecular formula is C20H21N3O2. The number of likely N-dealkylation sites (tertiary alicyclic amines) is 2. The van der Waals surface area contributed by atoms with Crippen molar-refractivity contribution in [2.45, 2.75) is 18.5 Å². The summed E-state index contributed by atoms with van der Waals surface area (Å²) in [7, 11) is 0. The quantitative estimate of drug-likeness (QED) is 0.928. The Kier molecular flexibility index (Phi) is 3.81. The normalized spacial score (nSPS) is 18.5. The summed E-state index contributed by atoms with van der Waals surface area (Å²) in [6.45, 7) is 3.58. The first-order valence-corrected chi connectivity index (χ1v) is 8.56. The van der Waals surface area contributed by atoms with E-state index in [0.717, 1.165) is 32.6 Å². The Labute approximate surface area is 147 Å². The first-order valence-electron chi connectivity index (χ1n) is 8.56. The molecule has 1 spiro atoms. The molecular weight excluding hydrogens is 314 g/mol. The number of primary amides is 1. The fourth-order valence-corrected chi connectivity index (χ4v) is 3.76. The van der Waals surface area contributed by atoms with Gasteiger partial charge < -0.3 is 10.6 Å². The predicted octanol–water partition coefficient (Wildman–Crippen LogP) is 1.89. The maximum Gasteiger partial charge on any atom is 0.253 e. The van der Waals surface area contributed by atoms with Crippen LogP contribution in [0.5, 0.6) is 0 Å². The van der Waals surface area contributed by atoms with Crippen LogP contribution >= 0.6 is 0 Å². The van der Waals surface area contributed by atoms with Gasteiger partial charge in [-0.2, -0.15) is 0 Å². The fraction of sp³-hybridized carbons (Fsp3) is 0.300. The van der Waals surface area contributed by atoms with E-state index in [1.165, 1.54) is 5.56 Å². The van der Waals surface area contributed by atoms with E-state index in [9.17, 15) is 9.59 Å². The van der Waals surface area contributed by atoms with Crippen LogP contribution in [0.1, 0.15) is 32.7 Å². The maximum atomic E-state index is 12.6. The minimum Gasteiger partial charge on any atom is -0.366 e. The summed E-state index contributed by atoms with van der Waals surface area (Å²) in [5.41, 5.74) is 7.73. The minimum atomic E-state index is -0.479. The molecule has 2 aromatic rings. The average molecular weight is 335 g/mol. The number of rotatable bonds is 4. The van der Waals surface area contributed by atoms with Gasteiger partial charge in [-0.3, -0.25) is 14.5 Å². The largest absolute Gasteiger partial charge is 0.366 e. The highest BCUT2D eigenvalue weighted by Crippen LogP contribution is 2.40. The highest BCUT2D eigenvalue weighted by atomic mass is 16.2. The summed E-state index contributed by atoms with van der Waals surface area (Å²) in [5, 5.41) is 0. The summed E-state index contributed by atoms with van der Waals surface area (Å²) in [6.07, 6.45) is 1.14. The number of hydrogen-bond acceptors (Lipinski definition) is 3. The van der Waals surface area contributed by atoms with Gasteiger partial charge in [0.1, 0.15) is 0 Å². The van der Waals surface area contributed by atoms with E-state index < -0.39 is 5.91 Å². The van der Waals surface area contributed by atoms with Crippen LogP contribution in [-0.2, 0) is 6.54 Å². The number of amides is 2. The molecule has 0 atom stereocenters. The van der Waals surface area contributed by atoms with Gasteiger partial charge in [-0.25, -0.2) is 0 Å². The molecule has 2 amide bonds. The zero-order valence-electron chi connectivity index (χ0n) is 14.0. The van der Waals surface area contributed by atoms with E-state index >= 15 is 0 Å². The molecule has 0 saturated carbocycles. The Bertz CT molecular complexity index is 795. The first-order chi connectivity index (χ1) is 12.1. The number of carbonyl (C=O) groups is 2. The molecule has 2 N–H and O–H groups in total. The lowest BCUT2D eigenvalue weighted by molar-refractivity contribution is -0.112. The SMILES string of the molecule is NC(=O)c1ccc(C(=O)N2CC3(CCN3Cc3ccccc3)C2)cc1. The molecule has 2 aromatic carbocycles. The Morgan fingerprint density at radius 1 is 0.960 bits per heavy atom. The summed E-state index contributed by atoms with van der Waals surface area (Å²) in [4.78, 5) is 28.1. The van der Waals surface area contributed by atoms with Crippen molar-refractivity contribution in [3.63, 3.8) is 0 Å². The molecule has 2 heterocycles. The third-order valence-corrected chi connectivity index (χ3v) is 5.41. The van der Waals surface area contributed by atoms with Crippen molar-refractivity contribution >= 4 is 11.8 Å². The zero-order valence-corrected chi connectivity index (χ0v) is 14.0. The van der Waals surface area contributed by atoms with Gasteiger partial charge in [-0.05, 0) is 36.2 Å². The molecule has 4 rings (SSSR count). The van der Waals surface area contributed by atoms with Gasteiger partial charge in [-0.15, -0.1) is 0 Å². The molecule has 2 saturated heterocycles. The van der Waals surface area contributed by atoms with E-state index in [1.807, 2.05) is 11.0 Å². The van der Waals surface area contributed by atoms with Crippen LogP contribution in [0, 0.1) is 0 Å². The van der Waals surface area contributed by atoms with E-state index in [0.29, 0.717) is 11.1 Å². The molecule has 0 radical (unpaired) electrons. The van der Waals surface area contributed by atoms with Crippen molar-refractivity contribution in [1.29, 1.82) is 0 Å². The lowest BCUT2D eigenvalue weighted by Gasteiger charge is -2.62. The van der Waals surface area contributed by atoms with Crippen LogP contribution in [-0.4, -0.2) is 46.8 Å². The summed E-state index contributed by atoms with van der Waals surface area (Å²) in [6, 6.07) is 17.0. The van der Waals surface area contributed by atoms with E-state index in [4.69, 9.17) is 5.73 Å². The van der Waals surface area contributed by atoms with E-state index in [1.54, 1.807) is 24.3 Å². The van der Waals surface area contributed by atoms with Gasteiger partial charge >= 0.3 is 0 Å². The fourth-order valence-electron chi connectivity index (χ4n) is 3.76. The number of nitrogens with two attached hydrogens (primary N) is 1. The van der Waals surface area contributed by atoms with Gasteiger partial charge in [0.2, 0.25) is 5.91 Å². The number of benzene rings is 2. The first kappa shape index (κ1) is 15.8. The minimum absolute atomic E-state index is 0.0215. The van der Waals surface area contributed by atoms with Crippen molar-refractivity contribution < 1.29 is 9.59 Å². The van der Waals surface area contributed by atoms with Crippen molar-refractivity contribution in [2.24, 2.45) is 5.73 Å². The topological polar surface area (TPSA) is 66.6 Å². The zero-order chi connectivity index (χ0) is 17.4. The lowest BCUT2D eigenvalue weighted by Crippen LogP contribution is -2.77. The Morgan fingerprint density at radius 3 is 2.16 bits per heavy atom. The molecule has 0 aliphatic carbocycles. The molecule has 5 heteroatoms. The predicted molar refractivity (Wildman–Crippen MR) is 95.1 cm³/mol. The molecule has 2 fully saturated rings. The van der Waals surface area contributed by atoms with Crippen LogP contribution in [0.3, 0.4) is 0 Å². The van der Waals surface area contributed by atoms with Crippen LogP contribution in [0.25, 0.3) is 0 Å². The number of carbonyl (C=O) groups excluding carboxylic acids is 2. The van der Waals surface area contributed by atoms with Crippen LogP contribution in [0.15, 0.2) is 54.6 Å². The van der Waals surface area contributed by atoms with Gasteiger partial charge in [0, 0.05) is 37.3 Å². The van der Waals surface area contributed by atoms with E-state index in [-0.39, 0.29) is 11.4 Å². The molecule has 25 heavy (non-hydrogen) atoms. The molecule has 2 aliphatic heterocycles. The highest BCUT2D eigenvalue weighted by Gasteiger charge is 2.54. The van der Waals surface area contributed by atoms with Crippen molar-refractivity contribution in [2.75, 3.05) is 19.6 Å². The monoisotopic (exact) mass is 335 g/mol. The average Bonchev–Trinajstić information content (AvgIpc) is 2.58. The highest BCUT2D eigenvalue weighted by molar-refractivity contribution is 5.97. The Balaban J connectivity index is 1.38. The van der Waals surface area contributed by atoms with Crippen LogP contribution in [0.2, 0.25) is 0 Å². The number of hydrogen-bond donors (Lipinski definition) is 1. The maximum absolute atomic E-state index is 12.6. The Morgan fingerprint density at radius 2 is 1.60 bits per heavy atom. The molecule has 2 aliphatic rings. The van der Waals surface area contributed by atoms with Gasteiger partial charge in [0.05, 0.1) is 5.54 Å². The Hall–Kier alpha value is -2.66. The smallest absolute Gasteiger partial charge is 0.253 e. The molecule has 5 nitrogen and oxygen atoms in total. The molecule has 0 bridgehead atoms. The third kappa shape index (κ3) is 2.81. The van der Waals surface area contributed by atoms with Gasteiger partial charge in [-0.1, -0.05) is 30.3 Å². The van der Waals surface area contributed by atoms with Crippen molar-refractivity contribution in [3.8, 4) is 0 Å². The summed E-state index contributed by atoms with van der Waals surface area (Å²) < 4.78 is 0. The third-order valence-electron chi connectivity index (χ3n) is 5.41. The van der Waals surface area contributed by atoms with Crippen LogP contribution < -0.4 is 5.73 Å². The summed E-state index contributed by atoms with van der Waals surface area (Å²) in [5.74, 6) is -0.457. The number of nitrogens with zero attached hydrogens (tertiary/aromatic N) is 2. The standard InChI is InChI=1S/C20H21N3O2/c21-18(24)16-6-8-17(9-7-16)19(25)22-13-20(14-22)10-11-23(20)12-15-4-2-1-3-5-15/h1-9H,10-14H2,(H2,21,24). The second-order valence-corrected chi connectivity index (χ2v) is 6.98. The lowest BCUT2D eigenvalue weighted by atomic mass is 9.77. The summed E-state index contributed by atoms with van der Waals surface area (Å²) >= 11 is 0. The second-order valence-electron chi connectivity index (χ2n) is 6.98. The van der Waals surface area contributed by atoms with Gasteiger partial charge in [0.25, 0.3) is 5.91 Å².